The number of ketones is 2. The lowest BCUT2D eigenvalue weighted by Crippen LogP contribution is -2.44. The lowest BCUT2D eigenvalue weighted by molar-refractivity contribution is -0.127. The van der Waals surface area contributed by atoms with Gasteiger partial charge in [-0.15, -0.1) is 0 Å². The van der Waals surface area contributed by atoms with Gasteiger partial charge in [-0.1, -0.05) is 20.8 Å². The maximum atomic E-state index is 12.0. The van der Waals surface area contributed by atoms with Crippen molar-refractivity contribution in [1.29, 1.82) is 0 Å². The molecular formula is C13H19N3O3. The highest BCUT2D eigenvalue weighted by atomic mass is 16.2. The molecule has 104 valence electrons. The molecule has 1 rings (SSSR count). The van der Waals surface area contributed by atoms with Crippen LogP contribution in [0.4, 0.5) is 0 Å². The van der Waals surface area contributed by atoms with E-state index in [2.05, 4.69) is 15.3 Å². The van der Waals surface area contributed by atoms with Crippen molar-refractivity contribution in [2.24, 2.45) is 5.41 Å². The third-order valence-electron chi connectivity index (χ3n) is 2.68. The first-order valence-electron chi connectivity index (χ1n) is 6.04. The minimum Gasteiger partial charge on any atom is -0.341 e. The van der Waals surface area contributed by atoms with E-state index in [9.17, 15) is 14.4 Å². The molecule has 0 radical (unpaired) electrons. The molecule has 1 heterocycles. The quantitative estimate of drug-likeness (QED) is 0.804. The average Bonchev–Trinajstić information content (AvgIpc) is 2.75. The van der Waals surface area contributed by atoms with Crippen LogP contribution in [0.1, 0.15) is 55.6 Å². The Balaban J connectivity index is 2.83. The molecular weight excluding hydrogens is 246 g/mol. The van der Waals surface area contributed by atoms with Crippen molar-refractivity contribution in [1.82, 2.24) is 15.3 Å². The predicted octanol–water partition coefficient (Wildman–Crippen LogP) is 1.35. The molecule has 1 amide bonds. The summed E-state index contributed by atoms with van der Waals surface area (Å²) in [6.07, 6.45) is 1.28. The molecule has 1 aromatic rings. The zero-order valence-corrected chi connectivity index (χ0v) is 11.8. The molecule has 0 aromatic carbocycles. The van der Waals surface area contributed by atoms with E-state index in [-0.39, 0.29) is 23.0 Å². The van der Waals surface area contributed by atoms with Gasteiger partial charge in [-0.2, -0.15) is 0 Å². The van der Waals surface area contributed by atoms with E-state index in [1.54, 1.807) is 27.7 Å². The number of H-pyrrole nitrogens is 1. The Hall–Kier alpha value is -1.98. The van der Waals surface area contributed by atoms with E-state index >= 15 is 0 Å². The van der Waals surface area contributed by atoms with Crippen LogP contribution >= 0.6 is 0 Å². The van der Waals surface area contributed by atoms with Crippen LogP contribution in [0, 0.1) is 5.41 Å². The van der Waals surface area contributed by atoms with Gasteiger partial charge in [0.25, 0.3) is 5.91 Å². The van der Waals surface area contributed by atoms with Crippen LogP contribution in [0.2, 0.25) is 0 Å². The van der Waals surface area contributed by atoms with Gasteiger partial charge in [0.1, 0.15) is 11.4 Å². The van der Waals surface area contributed by atoms with Crippen molar-refractivity contribution in [2.45, 2.75) is 40.7 Å². The summed E-state index contributed by atoms with van der Waals surface area (Å²) in [5.74, 6) is -0.890. The van der Waals surface area contributed by atoms with E-state index in [1.807, 2.05) is 0 Å². The second-order valence-corrected chi connectivity index (χ2v) is 5.49. The molecule has 0 saturated heterocycles. The van der Waals surface area contributed by atoms with Gasteiger partial charge in [-0.3, -0.25) is 14.4 Å². The molecule has 2 N–H and O–H groups in total. The third-order valence-corrected chi connectivity index (χ3v) is 2.68. The summed E-state index contributed by atoms with van der Waals surface area (Å²) in [6.45, 7) is 8.31. The lowest BCUT2D eigenvalue weighted by Gasteiger charge is -2.22. The van der Waals surface area contributed by atoms with Crippen LogP contribution in [0.3, 0.4) is 0 Å². The van der Waals surface area contributed by atoms with Crippen molar-refractivity contribution < 1.29 is 14.4 Å². The van der Waals surface area contributed by atoms with Crippen LogP contribution < -0.4 is 5.32 Å². The Kier molecular flexibility index (Phi) is 4.24. The molecule has 1 aromatic heterocycles. The number of nitrogens with zero attached hydrogens (tertiary/aromatic N) is 1. The second kappa shape index (κ2) is 5.34. The summed E-state index contributed by atoms with van der Waals surface area (Å²) < 4.78 is 0. The van der Waals surface area contributed by atoms with Crippen LogP contribution in [0.25, 0.3) is 0 Å². The Labute approximate surface area is 112 Å². The number of carbonyl (C=O) groups is 3. The highest BCUT2D eigenvalue weighted by Gasteiger charge is 2.29. The van der Waals surface area contributed by atoms with E-state index in [1.165, 1.54) is 13.3 Å². The van der Waals surface area contributed by atoms with E-state index in [0.717, 1.165) is 0 Å². The summed E-state index contributed by atoms with van der Waals surface area (Å²) in [7, 11) is 0. The number of nitrogens with one attached hydrogen (secondary N) is 2. The highest BCUT2D eigenvalue weighted by molar-refractivity contribution is 6.06. The topological polar surface area (TPSA) is 91.9 Å². The van der Waals surface area contributed by atoms with Gasteiger partial charge in [0.2, 0.25) is 0 Å². The van der Waals surface area contributed by atoms with Crippen molar-refractivity contribution in [3.8, 4) is 0 Å². The number of Topliss-reactive ketones (excluding diaryl/α,β-unsaturated/α-hetero) is 2. The van der Waals surface area contributed by atoms with Crippen LogP contribution in [0.5, 0.6) is 0 Å². The van der Waals surface area contributed by atoms with Crippen molar-refractivity contribution >= 4 is 17.5 Å². The number of rotatable bonds is 4. The summed E-state index contributed by atoms with van der Waals surface area (Å²) >= 11 is 0. The fourth-order valence-corrected chi connectivity index (χ4v) is 1.72. The third kappa shape index (κ3) is 3.49. The van der Waals surface area contributed by atoms with Crippen molar-refractivity contribution in [3.05, 3.63) is 17.7 Å². The predicted molar refractivity (Wildman–Crippen MR) is 70.0 cm³/mol. The van der Waals surface area contributed by atoms with Crippen LogP contribution in [-0.2, 0) is 4.79 Å². The van der Waals surface area contributed by atoms with Gasteiger partial charge >= 0.3 is 0 Å². The molecule has 0 aliphatic carbocycles. The number of imidazole rings is 1. The summed E-state index contributed by atoms with van der Waals surface area (Å²) in [6, 6.07) is -0.629. The van der Waals surface area contributed by atoms with Crippen LogP contribution in [0.15, 0.2) is 6.33 Å². The zero-order valence-electron chi connectivity index (χ0n) is 11.8. The molecule has 1 unspecified atom stereocenters. The molecule has 0 spiro atoms. The number of carbonyl (C=O) groups excluding carboxylic acids is 3. The Morgan fingerprint density at radius 2 is 1.89 bits per heavy atom. The van der Waals surface area contributed by atoms with Gasteiger partial charge < -0.3 is 10.3 Å². The van der Waals surface area contributed by atoms with Crippen molar-refractivity contribution in [3.63, 3.8) is 0 Å². The molecule has 0 fully saturated rings. The summed E-state index contributed by atoms with van der Waals surface area (Å²) in [5, 5.41) is 2.57. The number of aromatic amines is 1. The van der Waals surface area contributed by atoms with E-state index in [0.29, 0.717) is 0 Å². The van der Waals surface area contributed by atoms with Gasteiger partial charge in [0.05, 0.1) is 12.4 Å². The maximum Gasteiger partial charge on any atom is 0.270 e. The molecule has 6 heteroatoms. The largest absolute Gasteiger partial charge is 0.341 e. The molecule has 19 heavy (non-hydrogen) atoms. The van der Waals surface area contributed by atoms with Gasteiger partial charge in [-0.05, 0) is 6.92 Å². The minimum absolute atomic E-state index is 0.0768. The Morgan fingerprint density at radius 1 is 1.32 bits per heavy atom. The van der Waals surface area contributed by atoms with Crippen molar-refractivity contribution in [2.75, 3.05) is 0 Å². The van der Waals surface area contributed by atoms with E-state index < -0.39 is 17.4 Å². The molecule has 0 aliphatic rings. The number of hydrogen-bond donors (Lipinski definition) is 2. The van der Waals surface area contributed by atoms with E-state index in [4.69, 9.17) is 0 Å². The minimum atomic E-state index is -0.629. The SMILES string of the molecule is CC(=O)c1nc[nH]c1C(=O)NC(C)C(=O)C(C)(C)C. The second-order valence-electron chi connectivity index (χ2n) is 5.49. The average molecular weight is 265 g/mol. The lowest BCUT2D eigenvalue weighted by atomic mass is 9.87. The molecule has 0 saturated carbocycles. The fourth-order valence-electron chi connectivity index (χ4n) is 1.72. The standard InChI is InChI=1S/C13H19N3O3/c1-7(11(18)13(3,4)5)16-12(19)10-9(8(2)17)14-6-15-10/h6-7H,1-5H3,(H,14,15)(H,16,19). The Morgan fingerprint density at radius 3 is 2.37 bits per heavy atom. The molecule has 0 aliphatic heterocycles. The first-order chi connectivity index (χ1) is 8.64. The van der Waals surface area contributed by atoms with Crippen LogP contribution in [-0.4, -0.2) is 33.5 Å². The first kappa shape index (κ1) is 15.1. The normalized spacial score (nSPS) is 12.9. The summed E-state index contributed by atoms with van der Waals surface area (Å²) in [5.41, 5.74) is -0.377. The Bertz CT molecular complexity index is 511. The molecule has 6 nitrogen and oxygen atoms in total. The molecule has 0 bridgehead atoms. The maximum absolute atomic E-state index is 12.0. The highest BCUT2D eigenvalue weighted by Crippen LogP contribution is 2.17. The fraction of sp³-hybridized carbons (Fsp3) is 0.538. The van der Waals surface area contributed by atoms with Gasteiger partial charge in [0, 0.05) is 12.3 Å². The monoisotopic (exact) mass is 265 g/mol. The smallest absolute Gasteiger partial charge is 0.270 e. The number of aromatic nitrogens is 2. The number of amides is 1. The zero-order chi connectivity index (χ0) is 14.8. The first-order valence-corrected chi connectivity index (χ1v) is 6.04. The number of hydrogen-bond acceptors (Lipinski definition) is 4. The van der Waals surface area contributed by atoms with Gasteiger partial charge in [0.15, 0.2) is 11.6 Å². The van der Waals surface area contributed by atoms with Gasteiger partial charge in [-0.25, -0.2) is 4.98 Å². The summed E-state index contributed by atoms with van der Waals surface area (Å²) in [4.78, 5) is 41.6. The molecule has 1 atom stereocenters.